The standard InChI is InChI=1S/C13H11N.C12H10N2/c1-3-7-12-10(5-1)9-11-6-2-4-8-13(11)14-12;1-2-6-10-9(5-1)13-11-7-3-4-8-12(11)14-10/h1-8,14H,9H2;1-8,13-14H. The van der Waals surface area contributed by atoms with Gasteiger partial charge in [-0.1, -0.05) is 60.7 Å². The fraction of sp³-hybridized carbons (Fsp3) is 0.0400. The van der Waals surface area contributed by atoms with Crippen LogP contribution in [0.25, 0.3) is 0 Å². The first-order valence-electron chi connectivity index (χ1n) is 9.52. The van der Waals surface area contributed by atoms with E-state index in [4.69, 9.17) is 0 Å². The third-order valence-corrected chi connectivity index (χ3v) is 5.08. The molecule has 0 fully saturated rings. The van der Waals surface area contributed by atoms with Crippen LogP contribution in [0.3, 0.4) is 0 Å². The predicted molar refractivity (Wildman–Crippen MR) is 118 cm³/mol. The number of benzene rings is 4. The number of hydrogen-bond donors (Lipinski definition) is 3. The third kappa shape index (κ3) is 3.19. The van der Waals surface area contributed by atoms with Crippen LogP contribution in [0.5, 0.6) is 0 Å². The van der Waals surface area contributed by atoms with Crippen molar-refractivity contribution in [2.24, 2.45) is 0 Å². The molecule has 2 aliphatic rings. The highest BCUT2D eigenvalue weighted by atomic mass is 15.0. The summed E-state index contributed by atoms with van der Waals surface area (Å²) in [5.74, 6) is 0. The topological polar surface area (TPSA) is 36.1 Å². The quantitative estimate of drug-likeness (QED) is 0.277. The van der Waals surface area contributed by atoms with Crippen molar-refractivity contribution in [3.8, 4) is 0 Å². The van der Waals surface area contributed by atoms with Gasteiger partial charge in [0, 0.05) is 17.8 Å². The van der Waals surface area contributed by atoms with Gasteiger partial charge in [0.25, 0.3) is 0 Å². The van der Waals surface area contributed by atoms with Gasteiger partial charge in [0.2, 0.25) is 0 Å². The van der Waals surface area contributed by atoms with E-state index in [0.29, 0.717) is 0 Å². The molecular formula is C25H21N3. The molecule has 0 bridgehead atoms. The Hall–Kier alpha value is -3.72. The van der Waals surface area contributed by atoms with E-state index in [2.05, 4.69) is 88.7 Å². The first kappa shape index (κ1) is 16.5. The summed E-state index contributed by atoms with van der Waals surface area (Å²) >= 11 is 0. The Morgan fingerprint density at radius 2 is 0.643 bits per heavy atom. The van der Waals surface area contributed by atoms with Gasteiger partial charge in [0.15, 0.2) is 0 Å². The van der Waals surface area contributed by atoms with Crippen LogP contribution in [0.4, 0.5) is 34.1 Å². The zero-order valence-corrected chi connectivity index (χ0v) is 15.4. The summed E-state index contributed by atoms with van der Waals surface area (Å²) in [5, 5.41) is 10.2. The second-order valence-electron chi connectivity index (χ2n) is 6.96. The lowest BCUT2D eigenvalue weighted by molar-refractivity contribution is 1.16. The highest BCUT2D eigenvalue weighted by molar-refractivity contribution is 5.89. The van der Waals surface area contributed by atoms with Crippen LogP contribution in [0.15, 0.2) is 97.1 Å². The molecule has 4 aromatic rings. The van der Waals surface area contributed by atoms with Crippen molar-refractivity contribution in [2.45, 2.75) is 6.42 Å². The van der Waals surface area contributed by atoms with Crippen molar-refractivity contribution in [1.82, 2.24) is 0 Å². The number of anilines is 6. The first-order valence-corrected chi connectivity index (χ1v) is 9.52. The molecular weight excluding hydrogens is 342 g/mol. The molecule has 3 nitrogen and oxygen atoms in total. The molecule has 2 heterocycles. The third-order valence-electron chi connectivity index (χ3n) is 5.08. The van der Waals surface area contributed by atoms with Crippen LogP contribution in [0, 0.1) is 0 Å². The van der Waals surface area contributed by atoms with Crippen LogP contribution in [-0.2, 0) is 6.42 Å². The molecule has 3 N–H and O–H groups in total. The normalized spacial score (nSPS) is 12.3. The van der Waals surface area contributed by atoms with Gasteiger partial charge in [-0.25, -0.2) is 0 Å². The molecule has 136 valence electrons. The molecule has 0 spiro atoms. The fourth-order valence-corrected chi connectivity index (χ4v) is 3.64. The van der Waals surface area contributed by atoms with Crippen molar-refractivity contribution < 1.29 is 0 Å². The Kier molecular flexibility index (Phi) is 4.19. The Balaban J connectivity index is 0.000000122. The maximum Gasteiger partial charge on any atom is 0.0624 e. The molecule has 4 aromatic carbocycles. The fourth-order valence-electron chi connectivity index (χ4n) is 3.64. The molecule has 0 aromatic heterocycles. The first-order chi connectivity index (χ1) is 13.9. The van der Waals surface area contributed by atoms with Crippen LogP contribution in [0.2, 0.25) is 0 Å². The molecule has 0 amide bonds. The number of rotatable bonds is 0. The molecule has 0 aliphatic carbocycles. The van der Waals surface area contributed by atoms with Crippen LogP contribution < -0.4 is 16.0 Å². The Labute approximate surface area is 165 Å². The summed E-state index contributed by atoms with van der Waals surface area (Å²) in [5.41, 5.74) is 9.77. The van der Waals surface area contributed by atoms with Crippen molar-refractivity contribution >= 4 is 34.1 Å². The largest absolute Gasteiger partial charge is 0.355 e. The van der Waals surface area contributed by atoms with Gasteiger partial charge in [-0.15, -0.1) is 0 Å². The Bertz CT molecular complexity index is 868. The van der Waals surface area contributed by atoms with Crippen LogP contribution in [-0.4, -0.2) is 0 Å². The van der Waals surface area contributed by atoms with E-state index in [-0.39, 0.29) is 0 Å². The van der Waals surface area contributed by atoms with Gasteiger partial charge < -0.3 is 16.0 Å². The second-order valence-corrected chi connectivity index (χ2v) is 6.96. The van der Waals surface area contributed by atoms with Gasteiger partial charge in [-0.2, -0.15) is 0 Å². The van der Waals surface area contributed by atoms with E-state index < -0.39 is 0 Å². The Morgan fingerprint density at radius 1 is 0.357 bits per heavy atom. The van der Waals surface area contributed by atoms with Crippen molar-refractivity contribution in [1.29, 1.82) is 0 Å². The van der Waals surface area contributed by atoms with Crippen LogP contribution in [0.1, 0.15) is 11.1 Å². The maximum atomic E-state index is 3.44. The zero-order chi connectivity index (χ0) is 18.8. The van der Waals surface area contributed by atoms with E-state index >= 15 is 0 Å². The van der Waals surface area contributed by atoms with Gasteiger partial charge in [-0.3, -0.25) is 0 Å². The minimum absolute atomic E-state index is 1.04. The molecule has 0 radical (unpaired) electrons. The molecule has 2 aliphatic heterocycles. The SMILES string of the molecule is c1ccc2c(c1)Cc1ccccc1N2.c1ccc2c(c1)Nc1ccccc1N2. The highest BCUT2D eigenvalue weighted by Gasteiger charge is 2.13. The molecule has 6 rings (SSSR count). The van der Waals surface area contributed by atoms with E-state index in [9.17, 15) is 0 Å². The number of hydrogen-bond acceptors (Lipinski definition) is 3. The smallest absolute Gasteiger partial charge is 0.0624 e. The summed E-state index contributed by atoms with van der Waals surface area (Å²) < 4.78 is 0. The number of para-hydroxylation sites is 6. The Morgan fingerprint density at radius 3 is 1.04 bits per heavy atom. The number of fused-ring (bicyclic) bond motifs is 4. The summed E-state index contributed by atoms with van der Waals surface area (Å²) in [4.78, 5) is 0. The van der Waals surface area contributed by atoms with E-state index in [1.165, 1.54) is 22.5 Å². The molecule has 0 saturated carbocycles. The highest BCUT2D eigenvalue weighted by Crippen LogP contribution is 2.37. The molecule has 28 heavy (non-hydrogen) atoms. The molecule has 0 unspecified atom stereocenters. The summed E-state index contributed by atoms with van der Waals surface area (Å²) in [6.07, 6.45) is 1.04. The lowest BCUT2D eigenvalue weighted by Crippen LogP contribution is -2.05. The average Bonchev–Trinajstić information content (AvgIpc) is 2.76. The summed E-state index contributed by atoms with van der Waals surface area (Å²) in [6.45, 7) is 0. The van der Waals surface area contributed by atoms with Crippen molar-refractivity contribution in [3.63, 3.8) is 0 Å². The lowest BCUT2D eigenvalue weighted by Gasteiger charge is -2.22. The van der Waals surface area contributed by atoms with E-state index in [1.54, 1.807) is 0 Å². The van der Waals surface area contributed by atoms with Gasteiger partial charge in [-0.05, 0) is 47.5 Å². The van der Waals surface area contributed by atoms with E-state index in [0.717, 1.165) is 29.2 Å². The minimum atomic E-state index is 1.04. The van der Waals surface area contributed by atoms with Crippen molar-refractivity contribution in [3.05, 3.63) is 108 Å². The van der Waals surface area contributed by atoms with Gasteiger partial charge in [0.1, 0.15) is 0 Å². The van der Waals surface area contributed by atoms with Crippen molar-refractivity contribution in [2.75, 3.05) is 16.0 Å². The molecule has 3 heteroatoms. The van der Waals surface area contributed by atoms with Crippen LogP contribution >= 0.6 is 0 Å². The second kappa shape index (κ2) is 7.12. The predicted octanol–water partition coefficient (Wildman–Crippen LogP) is 6.82. The lowest BCUT2D eigenvalue weighted by atomic mass is 9.98. The molecule has 0 saturated heterocycles. The summed E-state index contributed by atoms with van der Waals surface area (Å²) in [6, 6.07) is 33.3. The average molecular weight is 363 g/mol. The van der Waals surface area contributed by atoms with E-state index in [1.807, 2.05) is 24.3 Å². The zero-order valence-electron chi connectivity index (χ0n) is 15.4. The number of nitrogens with one attached hydrogen (secondary N) is 3. The van der Waals surface area contributed by atoms with Gasteiger partial charge in [0.05, 0.1) is 22.7 Å². The summed E-state index contributed by atoms with van der Waals surface area (Å²) in [7, 11) is 0. The van der Waals surface area contributed by atoms with Gasteiger partial charge >= 0.3 is 0 Å². The minimum Gasteiger partial charge on any atom is -0.355 e. The monoisotopic (exact) mass is 363 g/mol. The maximum absolute atomic E-state index is 3.44. The molecule has 0 atom stereocenters.